The Bertz CT molecular complexity index is 403. The zero-order valence-electron chi connectivity index (χ0n) is 8.70. The van der Waals surface area contributed by atoms with Crippen LogP contribution in [0, 0.1) is 23.1 Å². The summed E-state index contributed by atoms with van der Waals surface area (Å²) >= 11 is 0. The number of anilines is 1. The number of halogens is 1. The maximum absolute atomic E-state index is 13.3. The molecule has 3 heteroatoms. The molecule has 1 aromatic rings. The van der Waals surface area contributed by atoms with Gasteiger partial charge in [0.1, 0.15) is 17.4 Å². The van der Waals surface area contributed by atoms with E-state index in [4.69, 9.17) is 5.26 Å². The van der Waals surface area contributed by atoms with E-state index < -0.39 is 5.82 Å². The van der Waals surface area contributed by atoms with E-state index in [2.05, 4.69) is 11.8 Å². The average Bonchev–Trinajstić information content (AvgIpc) is 2.16. The second-order valence-corrected chi connectivity index (χ2v) is 3.93. The fourth-order valence-electron chi connectivity index (χ4n) is 1.91. The van der Waals surface area contributed by atoms with Gasteiger partial charge in [0.15, 0.2) is 0 Å². The summed E-state index contributed by atoms with van der Waals surface area (Å²) in [7, 11) is 0. The van der Waals surface area contributed by atoms with Crippen LogP contribution >= 0.6 is 0 Å². The summed E-state index contributed by atoms with van der Waals surface area (Å²) in [5.74, 6) is 0.273. The molecule has 2 nitrogen and oxygen atoms in total. The zero-order valence-corrected chi connectivity index (χ0v) is 8.70. The molecule has 2 rings (SSSR count). The quantitative estimate of drug-likeness (QED) is 0.740. The van der Waals surface area contributed by atoms with Gasteiger partial charge in [-0.2, -0.15) is 5.26 Å². The van der Waals surface area contributed by atoms with Gasteiger partial charge >= 0.3 is 0 Å². The van der Waals surface area contributed by atoms with Crippen molar-refractivity contribution >= 4 is 5.69 Å². The summed E-state index contributed by atoms with van der Waals surface area (Å²) in [4.78, 5) is 2.07. The van der Waals surface area contributed by atoms with Gasteiger partial charge in [0, 0.05) is 13.1 Å². The maximum Gasteiger partial charge on any atom is 0.143 e. The monoisotopic (exact) mass is 204 g/mol. The Morgan fingerprint density at radius 1 is 1.53 bits per heavy atom. The van der Waals surface area contributed by atoms with Crippen molar-refractivity contribution in [3.63, 3.8) is 0 Å². The fraction of sp³-hybridized carbons (Fsp3) is 0.417. The van der Waals surface area contributed by atoms with Gasteiger partial charge in [-0.3, -0.25) is 0 Å². The lowest BCUT2D eigenvalue weighted by Gasteiger charge is -2.41. The molecule has 0 unspecified atom stereocenters. The molecule has 0 amide bonds. The third-order valence-corrected chi connectivity index (χ3v) is 2.98. The van der Waals surface area contributed by atoms with Crippen LogP contribution in [0.25, 0.3) is 0 Å². The first-order chi connectivity index (χ1) is 7.26. The van der Waals surface area contributed by atoms with Gasteiger partial charge in [0.05, 0.1) is 5.69 Å². The SMILES string of the molecule is CCC1CN(c2cccc(F)c2C#N)C1. The molecule has 0 aliphatic carbocycles. The first kappa shape index (κ1) is 9.97. The molecule has 0 aromatic heterocycles. The van der Waals surface area contributed by atoms with Crippen molar-refractivity contribution in [1.82, 2.24) is 0 Å². The summed E-state index contributed by atoms with van der Waals surface area (Å²) in [5.41, 5.74) is 0.911. The third-order valence-electron chi connectivity index (χ3n) is 2.98. The number of nitrogens with zero attached hydrogens (tertiary/aromatic N) is 2. The maximum atomic E-state index is 13.3. The zero-order chi connectivity index (χ0) is 10.8. The van der Waals surface area contributed by atoms with Crippen molar-refractivity contribution in [2.45, 2.75) is 13.3 Å². The molecular formula is C12H13FN2. The van der Waals surface area contributed by atoms with E-state index in [9.17, 15) is 4.39 Å². The van der Waals surface area contributed by atoms with Gasteiger partial charge in [0.2, 0.25) is 0 Å². The highest BCUT2D eigenvalue weighted by Gasteiger charge is 2.27. The standard InChI is InChI=1S/C12H13FN2/c1-2-9-7-15(8-9)12-5-3-4-11(13)10(12)6-14/h3-5,9H,2,7-8H2,1H3. The molecule has 0 spiro atoms. The van der Waals surface area contributed by atoms with E-state index >= 15 is 0 Å². The first-order valence-corrected chi connectivity index (χ1v) is 5.19. The molecule has 0 saturated carbocycles. The predicted octanol–water partition coefficient (Wildman–Crippen LogP) is 2.54. The average molecular weight is 204 g/mol. The molecule has 15 heavy (non-hydrogen) atoms. The van der Waals surface area contributed by atoms with E-state index in [0.717, 1.165) is 25.2 Å². The molecule has 1 aromatic carbocycles. The lowest BCUT2D eigenvalue weighted by Crippen LogP contribution is -2.46. The van der Waals surface area contributed by atoms with Gasteiger partial charge in [-0.15, -0.1) is 0 Å². The van der Waals surface area contributed by atoms with Crippen LogP contribution in [0.15, 0.2) is 18.2 Å². The predicted molar refractivity (Wildman–Crippen MR) is 57.1 cm³/mol. The minimum atomic E-state index is -0.421. The van der Waals surface area contributed by atoms with E-state index in [0.29, 0.717) is 5.92 Å². The number of hydrogen-bond donors (Lipinski definition) is 0. The highest BCUT2D eigenvalue weighted by molar-refractivity contribution is 5.61. The lowest BCUT2D eigenvalue weighted by molar-refractivity contribution is 0.398. The Labute approximate surface area is 88.9 Å². The topological polar surface area (TPSA) is 27.0 Å². The minimum Gasteiger partial charge on any atom is -0.370 e. The number of benzene rings is 1. The molecule has 1 heterocycles. The van der Waals surface area contributed by atoms with Crippen LogP contribution in [0.5, 0.6) is 0 Å². The van der Waals surface area contributed by atoms with Gasteiger partial charge < -0.3 is 4.90 Å². The molecule has 0 N–H and O–H groups in total. The summed E-state index contributed by atoms with van der Waals surface area (Å²) in [6.07, 6.45) is 1.15. The van der Waals surface area contributed by atoms with E-state index in [1.807, 2.05) is 12.1 Å². The second-order valence-electron chi connectivity index (χ2n) is 3.93. The van der Waals surface area contributed by atoms with Crippen LogP contribution in [0.2, 0.25) is 0 Å². The Hall–Kier alpha value is -1.56. The Kier molecular flexibility index (Phi) is 2.59. The summed E-state index contributed by atoms with van der Waals surface area (Å²) < 4.78 is 13.3. The Morgan fingerprint density at radius 3 is 2.87 bits per heavy atom. The first-order valence-electron chi connectivity index (χ1n) is 5.19. The molecule has 0 radical (unpaired) electrons. The van der Waals surface area contributed by atoms with Crippen molar-refractivity contribution in [3.05, 3.63) is 29.6 Å². The largest absolute Gasteiger partial charge is 0.370 e. The van der Waals surface area contributed by atoms with Crippen molar-refractivity contribution < 1.29 is 4.39 Å². The summed E-state index contributed by atoms with van der Waals surface area (Å²) in [6, 6.07) is 6.73. The van der Waals surface area contributed by atoms with E-state index in [-0.39, 0.29) is 5.56 Å². The molecule has 1 aliphatic rings. The van der Waals surface area contributed by atoms with E-state index in [1.54, 1.807) is 6.07 Å². The van der Waals surface area contributed by atoms with Crippen LogP contribution in [-0.2, 0) is 0 Å². The molecule has 1 fully saturated rings. The van der Waals surface area contributed by atoms with Gasteiger partial charge in [-0.25, -0.2) is 4.39 Å². The summed E-state index contributed by atoms with van der Waals surface area (Å²) in [6.45, 7) is 4.03. The van der Waals surface area contributed by atoms with E-state index in [1.165, 1.54) is 6.07 Å². The van der Waals surface area contributed by atoms with Crippen LogP contribution < -0.4 is 4.90 Å². The molecular weight excluding hydrogens is 191 g/mol. The molecule has 0 bridgehead atoms. The highest BCUT2D eigenvalue weighted by atomic mass is 19.1. The minimum absolute atomic E-state index is 0.173. The van der Waals surface area contributed by atoms with Crippen molar-refractivity contribution in [1.29, 1.82) is 5.26 Å². The number of hydrogen-bond acceptors (Lipinski definition) is 2. The van der Waals surface area contributed by atoms with Crippen LogP contribution in [0.1, 0.15) is 18.9 Å². The molecule has 1 saturated heterocycles. The second kappa shape index (κ2) is 3.90. The van der Waals surface area contributed by atoms with Crippen molar-refractivity contribution in [3.8, 4) is 6.07 Å². The number of rotatable bonds is 2. The van der Waals surface area contributed by atoms with Crippen LogP contribution in [0.3, 0.4) is 0 Å². The lowest BCUT2D eigenvalue weighted by atomic mass is 9.95. The van der Waals surface area contributed by atoms with Crippen molar-refractivity contribution in [2.75, 3.05) is 18.0 Å². The van der Waals surface area contributed by atoms with Crippen LogP contribution in [-0.4, -0.2) is 13.1 Å². The normalized spacial score (nSPS) is 15.9. The van der Waals surface area contributed by atoms with Gasteiger partial charge in [0.25, 0.3) is 0 Å². The van der Waals surface area contributed by atoms with Gasteiger partial charge in [-0.1, -0.05) is 13.0 Å². The smallest absolute Gasteiger partial charge is 0.143 e. The summed E-state index contributed by atoms with van der Waals surface area (Å²) in [5, 5.41) is 8.87. The molecule has 1 aliphatic heterocycles. The van der Waals surface area contributed by atoms with Crippen LogP contribution in [0.4, 0.5) is 10.1 Å². The fourth-order valence-corrected chi connectivity index (χ4v) is 1.91. The van der Waals surface area contributed by atoms with Gasteiger partial charge in [-0.05, 0) is 24.5 Å². The Morgan fingerprint density at radius 2 is 2.27 bits per heavy atom. The third kappa shape index (κ3) is 1.68. The molecule has 78 valence electrons. The number of nitriles is 1. The molecule has 0 atom stereocenters. The van der Waals surface area contributed by atoms with Crippen molar-refractivity contribution in [2.24, 2.45) is 5.92 Å². The highest BCUT2D eigenvalue weighted by Crippen LogP contribution is 2.30. The Balaban J connectivity index is 2.23.